The molecule has 184 valence electrons. The molecule has 2 aromatic rings. The molecular weight excluding hydrogens is 464 g/mol. The molecule has 1 saturated carbocycles. The average Bonchev–Trinajstić information content (AvgIpc) is 3.15. The summed E-state index contributed by atoms with van der Waals surface area (Å²) < 4.78 is 5.65. The molecule has 2 fully saturated rings. The van der Waals surface area contributed by atoms with E-state index in [0.717, 1.165) is 23.3 Å². The first-order chi connectivity index (χ1) is 17.0. The van der Waals surface area contributed by atoms with Gasteiger partial charge in [-0.3, -0.25) is 9.59 Å². The molecule has 1 saturated heterocycles. The lowest BCUT2D eigenvalue weighted by Gasteiger charge is -2.46. The smallest absolute Gasteiger partial charge is 0.407 e. The summed E-state index contributed by atoms with van der Waals surface area (Å²) in [5.74, 6) is 0.491. The Hall–Kier alpha value is -3.00. The largest absolute Gasteiger partial charge is 0.481 e. The number of hydrogen-bond donors (Lipinski definition) is 2. The molecule has 2 amide bonds. The van der Waals surface area contributed by atoms with Gasteiger partial charge in [-0.05, 0) is 35.1 Å². The minimum atomic E-state index is -0.894. The number of thioether (sulfide) groups is 1. The Morgan fingerprint density at radius 2 is 1.71 bits per heavy atom. The van der Waals surface area contributed by atoms with Crippen molar-refractivity contribution in [3.8, 4) is 11.1 Å². The number of carboxylic acids is 1. The maximum Gasteiger partial charge on any atom is 0.407 e. The number of hydrogen-bond acceptors (Lipinski definition) is 5. The van der Waals surface area contributed by atoms with E-state index >= 15 is 0 Å². The molecule has 3 aliphatic rings. The fraction of sp³-hybridized carbons (Fsp3) is 0.444. The number of rotatable bonds is 7. The van der Waals surface area contributed by atoms with Crippen molar-refractivity contribution >= 4 is 29.7 Å². The SMILES string of the molecule is O=C(O)CC1CSCCN1C(=O)C1(CNC(=O)OCC2c3ccccc3-c3ccccc32)CCC1. The van der Waals surface area contributed by atoms with Crippen LogP contribution in [-0.2, 0) is 14.3 Å². The van der Waals surface area contributed by atoms with Gasteiger partial charge in [0.15, 0.2) is 0 Å². The summed E-state index contributed by atoms with van der Waals surface area (Å²) in [5, 5.41) is 12.1. The highest BCUT2D eigenvalue weighted by atomic mass is 32.2. The van der Waals surface area contributed by atoms with E-state index < -0.39 is 17.5 Å². The molecule has 0 radical (unpaired) electrons. The second-order valence-electron chi connectivity index (χ2n) is 9.64. The zero-order chi connectivity index (χ0) is 24.4. The van der Waals surface area contributed by atoms with Gasteiger partial charge in [0.2, 0.25) is 5.91 Å². The normalized spacial score (nSPS) is 20.3. The van der Waals surface area contributed by atoms with Gasteiger partial charge in [0.1, 0.15) is 6.61 Å². The lowest BCUT2D eigenvalue weighted by molar-refractivity contribution is -0.150. The molecule has 1 unspecified atom stereocenters. The molecule has 0 bridgehead atoms. The van der Waals surface area contributed by atoms with E-state index in [0.29, 0.717) is 25.1 Å². The van der Waals surface area contributed by atoms with Crippen LogP contribution in [0.3, 0.4) is 0 Å². The van der Waals surface area contributed by atoms with E-state index in [1.807, 2.05) is 24.3 Å². The van der Waals surface area contributed by atoms with Crippen molar-refractivity contribution in [3.05, 3.63) is 59.7 Å². The van der Waals surface area contributed by atoms with Crippen LogP contribution in [0.25, 0.3) is 11.1 Å². The number of carbonyl (C=O) groups is 3. The van der Waals surface area contributed by atoms with Crippen LogP contribution in [-0.4, -0.2) is 65.2 Å². The van der Waals surface area contributed by atoms with Crippen LogP contribution in [0.2, 0.25) is 0 Å². The highest BCUT2D eigenvalue weighted by Crippen LogP contribution is 2.45. The molecule has 1 aliphatic heterocycles. The summed E-state index contributed by atoms with van der Waals surface area (Å²) in [5.41, 5.74) is 3.99. The quantitative estimate of drug-likeness (QED) is 0.601. The van der Waals surface area contributed by atoms with Gasteiger partial charge >= 0.3 is 12.1 Å². The van der Waals surface area contributed by atoms with Crippen LogP contribution in [0.5, 0.6) is 0 Å². The zero-order valence-corrected chi connectivity index (χ0v) is 20.4. The van der Waals surface area contributed by atoms with E-state index in [9.17, 15) is 19.5 Å². The number of aliphatic carboxylic acids is 1. The van der Waals surface area contributed by atoms with E-state index in [1.54, 1.807) is 16.7 Å². The van der Waals surface area contributed by atoms with Crippen LogP contribution in [0.1, 0.15) is 42.7 Å². The van der Waals surface area contributed by atoms with E-state index in [1.165, 1.54) is 11.1 Å². The molecule has 0 spiro atoms. The number of ether oxygens (including phenoxy) is 1. The van der Waals surface area contributed by atoms with Crippen LogP contribution < -0.4 is 5.32 Å². The minimum absolute atomic E-state index is 0.0185. The number of carboxylic acid groups (broad SMARTS) is 1. The predicted octanol–water partition coefficient (Wildman–Crippen LogP) is 4.11. The van der Waals surface area contributed by atoms with Crippen molar-refractivity contribution in [3.63, 3.8) is 0 Å². The number of alkyl carbamates (subject to hydrolysis) is 1. The van der Waals surface area contributed by atoms with Crippen molar-refractivity contribution in [1.29, 1.82) is 0 Å². The van der Waals surface area contributed by atoms with Gasteiger partial charge in [-0.15, -0.1) is 0 Å². The Morgan fingerprint density at radius 3 is 2.31 bits per heavy atom. The topological polar surface area (TPSA) is 95.9 Å². The summed E-state index contributed by atoms with van der Waals surface area (Å²) in [4.78, 5) is 39.2. The third-order valence-electron chi connectivity index (χ3n) is 7.58. The second-order valence-corrected chi connectivity index (χ2v) is 10.8. The fourth-order valence-corrected chi connectivity index (χ4v) is 6.62. The first kappa shape index (κ1) is 23.7. The molecular formula is C27H30N2O5S. The minimum Gasteiger partial charge on any atom is -0.481 e. The van der Waals surface area contributed by atoms with E-state index in [4.69, 9.17) is 4.74 Å². The van der Waals surface area contributed by atoms with Gasteiger partial charge in [0.25, 0.3) is 0 Å². The standard InChI is InChI=1S/C27H30N2O5S/c30-24(31)14-18-16-35-13-12-29(18)25(32)27(10-5-11-27)17-28-26(33)34-15-23-21-8-3-1-6-19(21)20-7-2-4-9-22(20)23/h1-4,6-9,18,23H,5,10-17H2,(H,28,33)(H,30,31). The number of benzene rings is 2. The summed E-state index contributed by atoms with van der Waals surface area (Å²) in [6.45, 7) is 0.991. The van der Waals surface area contributed by atoms with E-state index in [2.05, 4.69) is 29.6 Å². The highest BCUT2D eigenvalue weighted by molar-refractivity contribution is 7.99. The van der Waals surface area contributed by atoms with Gasteiger partial charge in [-0.2, -0.15) is 11.8 Å². The van der Waals surface area contributed by atoms with Gasteiger partial charge in [-0.1, -0.05) is 55.0 Å². The zero-order valence-electron chi connectivity index (χ0n) is 19.6. The molecule has 7 nitrogen and oxygen atoms in total. The van der Waals surface area contributed by atoms with Gasteiger partial charge < -0.3 is 20.1 Å². The van der Waals surface area contributed by atoms with Crippen molar-refractivity contribution < 1.29 is 24.2 Å². The van der Waals surface area contributed by atoms with Gasteiger partial charge in [0, 0.05) is 30.5 Å². The average molecular weight is 495 g/mol. The molecule has 2 aromatic carbocycles. The third kappa shape index (κ3) is 4.63. The predicted molar refractivity (Wildman–Crippen MR) is 134 cm³/mol. The lowest BCUT2D eigenvalue weighted by atomic mass is 9.67. The maximum absolute atomic E-state index is 13.5. The monoisotopic (exact) mass is 494 g/mol. The van der Waals surface area contributed by atoms with E-state index in [-0.39, 0.29) is 37.4 Å². The number of carbonyl (C=O) groups excluding carboxylic acids is 2. The van der Waals surface area contributed by atoms with Gasteiger partial charge in [0.05, 0.1) is 17.9 Å². The van der Waals surface area contributed by atoms with Crippen molar-refractivity contribution in [2.75, 3.05) is 31.2 Å². The summed E-state index contributed by atoms with van der Waals surface area (Å²) >= 11 is 1.68. The molecule has 8 heteroatoms. The number of nitrogens with zero attached hydrogens (tertiary/aromatic N) is 1. The Kier molecular flexibility index (Phi) is 6.73. The maximum atomic E-state index is 13.5. The first-order valence-corrected chi connectivity index (χ1v) is 13.3. The van der Waals surface area contributed by atoms with Crippen LogP contribution in [0.4, 0.5) is 4.79 Å². The molecule has 1 heterocycles. The first-order valence-electron chi connectivity index (χ1n) is 12.2. The summed E-state index contributed by atoms with van der Waals surface area (Å²) in [6, 6.07) is 16.1. The second kappa shape index (κ2) is 9.93. The third-order valence-corrected chi connectivity index (χ3v) is 8.67. The molecule has 2 N–H and O–H groups in total. The van der Waals surface area contributed by atoms with Crippen LogP contribution in [0, 0.1) is 5.41 Å². The fourth-order valence-electron chi connectivity index (χ4n) is 5.56. The van der Waals surface area contributed by atoms with Crippen LogP contribution >= 0.6 is 11.8 Å². The highest BCUT2D eigenvalue weighted by Gasteiger charge is 2.48. The van der Waals surface area contributed by atoms with Crippen molar-refractivity contribution in [2.45, 2.75) is 37.6 Å². The number of amides is 2. The number of nitrogens with one attached hydrogen (secondary N) is 1. The Morgan fingerprint density at radius 1 is 1.06 bits per heavy atom. The lowest BCUT2D eigenvalue weighted by Crippen LogP contribution is -2.58. The molecule has 1 atom stereocenters. The molecule has 5 rings (SSSR count). The Labute approximate surface area is 209 Å². The molecule has 35 heavy (non-hydrogen) atoms. The summed E-state index contributed by atoms with van der Waals surface area (Å²) in [7, 11) is 0. The van der Waals surface area contributed by atoms with Crippen LogP contribution in [0.15, 0.2) is 48.5 Å². The van der Waals surface area contributed by atoms with Crippen molar-refractivity contribution in [1.82, 2.24) is 10.2 Å². The molecule has 0 aromatic heterocycles. The van der Waals surface area contributed by atoms with Gasteiger partial charge in [-0.25, -0.2) is 4.79 Å². The summed E-state index contributed by atoms with van der Waals surface area (Å²) in [6.07, 6.45) is 1.73. The Bertz CT molecular complexity index is 1090. The van der Waals surface area contributed by atoms with Crippen molar-refractivity contribution in [2.24, 2.45) is 5.41 Å². The number of fused-ring (bicyclic) bond motifs is 3. The molecule has 2 aliphatic carbocycles. The Balaban J connectivity index is 1.21.